The van der Waals surface area contributed by atoms with Crippen molar-refractivity contribution in [3.05, 3.63) is 62.9 Å². The summed E-state index contributed by atoms with van der Waals surface area (Å²) in [6.07, 6.45) is 1.71. The summed E-state index contributed by atoms with van der Waals surface area (Å²) in [5, 5.41) is 2.44. The fourth-order valence-electron chi connectivity index (χ4n) is 1.67. The van der Waals surface area contributed by atoms with Crippen molar-refractivity contribution in [2.24, 2.45) is 4.99 Å². The standard InChI is InChI=1S/C14H8ClNO2S/c15-11-6-2-1-5-10(11)13-16-12(14(17)18-13)8-9-4-3-7-19-9/h1-8H/b12-8-. The van der Waals surface area contributed by atoms with E-state index in [4.69, 9.17) is 16.3 Å². The van der Waals surface area contributed by atoms with Crippen molar-refractivity contribution < 1.29 is 9.53 Å². The number of hydrogen-bond donors (Lipinski definition) is 0. The lowest BCUT2D eigenvalue weighted by atomic mass is 10.2. The summed E-state index contributed by atoms with van der Waals surface area (Å²) in [7, 11) is 0. The maximum absolute atomic E-state index is 11.8. The third-order valence-corrected chi connectivity index (χ3v) is 3.70. The Morgan fingerprint density at radius 1 is 1.21 bits per heavy atom. The van der Waals surface area contributed by atoms with E-state index in [1.807, 2.05) is 29.6 Å². The van der Waals surface area contributed by atoms with E-state index in [-0.39, 0.29) is 11.6 Å². The molecular formula is C14H8ClNO2S. The molecule has 0 saturated carbocycles. The average Bonchev–Trinajstić information content (AvgIpc) is 3.02. The van der Waals surface area contributed by atoms with Gasteiger partial charge < -0.3 is 4.74 Å². The van der Waals surface area contributed by atoms with Crippen molar-refractivity contribution in [3.63, 3.8) is 0 Å². The van der Waals surface area contributed by atoms with Gasteiger partial charge in [-0.25, -0.2) is 9.79 Å². The molecule has 0 unspecified atom stereocenters. The van der Waals surface area contributed by atoms with Gasteiger partial charge in [-0.15, -0.1) is 11.3 Å². The van der Waals surface area contributed by atoms with Crippen LogP contribution in [-0.2, 0) is 9.53 Å². The van der Waals surface area contributed by atoms with Gasteiger partial charge in [0.1, 0.15) is 0 Å². The van der Waals surface area contributed by atoms with Gasteiger partial charge in [0.25, 0.3) is 0 Å². The van der Waals surface area contributed by atoms with Crippen LogP contribution in [0.1, 0.15) is 10.4 Å². The third-order valence-electron chi connectivity index (χ3n) is 2.55. The topological polar surface area (TPSA) is 38.7 Å². The minimum atomic E-state index is -0.455. The molecule has 0 saturated heterocycles. The van der Waals surface area contributed by atoms with Crippen LogP contribution in [0, 0.1) is 0 Å². The van der Waals surface area contributed by atoms with Gasteiger partial charge in [-0.2, -0.15) is 0 Å². The number of benzene rings is 1. The molecule has 1 aromatic carbocycles. The first-order valence-electron chi connectivity index (χ1n) is 5.55. The van der Waals surface area contributed by atoms with Crippen LogP contribution in [0.3, 0.4) is 0 Å². The number of thiophene rings is 1. The minimum Gasteiger partial charge on any atom is -0.402 e. The Morgan fingerprint density at radius 3 is 2.79 bits per heavy atom. The second-order valence-electron chi connectivity index (χ2n) is 3.83. The number of esters is 1. The molecule has 1 aliphatic rings. The predicted octanol–water partition coefficient (Wildman–Crippen LogP) is 3.75. The lowest BCUT2D eigenvalue weighted by molar-refractivity contribution is -0.129. The summed E-state index contributed by atoms with van der Waals surface area (Å²) in [6, 6.07) is 10.9. The first kappa shape index (κ1) is 12.1. The van der Waals surface area contributed by atoms with Gasteiger partial charge in [0.05, 0.1) is 10.6 Å². The Bertz CT molecular complexity index is 689. The molecule has 0 radical (unpaired) electrons. The van der Waals surface area contributed by atoms with E-state index < -0.39 is 5.97 Å². The molecule has 0 amide bonds. The maximum Gasteiger partial charge on any atom is 0.363 e. The molecule has 3 rings (SSSR count). The monoisotopic (exact) mass is 289 g/mol. The highest BCUT2D eigenvalue weighted by molar-refractivity contribution is 7.10. The number of rotatable bonds is 2. The fourth-order valence-corrected chi connectivity index (χ4v) is 2.53. The molecule has 94 valence electrons. The van der Waals surface area contributed by atoms with Crippen LogP contribution in [0.2, 0.25) is 5.02 Å². The van der Waals surface area contributed by atoms with Crippen LogP contribution in [0.25, 0.3) is 6.08 Å². The lowest BCUT2D eigenvalue weighted by Gasteiger charge is -2.00. The van der Waals surface area contributed by atoms with Crippen LogP contribution < -0.4 is 0 Å². The highest BCUT2D eigenvalue weighted by Gasteiger charge is 2.25. The van der Waals surface area contributed by atoms with E-state index in [0.717, 1.165) is 4.88 Å². The number of nitrogens with zero attached hydrogens (tertiary/aromatic N) is 1. The van der Waals surface area contributed by atoms with Gasteiger partial charge in [-0.05, 0) is 29.7 Å². The highest BCUT2D eigenvalue weighted by atomic mass is 35.5. The van der Waals surface area contributed by atoms with E-state index in [9.17, 15) is 4.79 Å². The first-order chi connectivity index (χ1) is 9.24. The van der Waals surface area contributed by atoms with Crippen molar-refractivity contribution in [1.29, 1.82) is 0 Å². The van der Waals surface area contributed by atoms with Crippen molar-refractivity contribution >= 4 is 40.9 Å². The number of hydrogen-bond acceptors (Lipinski definition) is 4. The van der Waals surface area contributed by atoms with Crippen LogP contribution >= 0.6 is 22.9 Å². The third kappa shape index (κ3) is 2.45. The summed E-state index contributed by atoms with van der Waals surface area (Å²) in [5.74, 6) is -0.207. The number of carbonyl (C=O) groups is 1. The van der Waals surface area contributed by atoms with E-state index in [1.165, 1.54) is 11.3 Å². The van der Waals surface area contributed by atoms with E-state index in [0.29, 0.717) is 10.6 Å². The minimum absolute atomic E-state index is 0.249. The Balaban J connectivity index is 1.98. The molecule has 1 aromatic heterocycles. The summed E-state index contributed by atoms with van der Waals surface area (Å²) in [4.78, 5) is 16.9. The number of cyclic esters (lactones) is 1. The SMILES string of the molecule is O=C1OC(c2ccccc2Cl)=N/C1=C\c1cccs1. The molecule has 0 N–H and O–H groups in total. The first-order valence-corrected chi connectivity index (χ1v) is 6.81. The van der Waals surface area contributed by atoms with E-state index in [2.05, 4.69) is 4.99 Å². The van der Waals surface area contributed by atoms with Gasteiger partial charge in [0.15, 0.2) is 5.70 Å². The molecule has 2 heterocycles. The normalized spacial score (nSPS) is 16.6. The Labute approximate surface area is 118 Å². The quantitative estimate of drug-likeness (QED) is 0.624. The second-order valence-corrected chi connectivity index (χ2v) is 5.22. The van der Waals surface area contributed by atoms with Gasteiger partial charge in [0.2, 0.25) is 5.90 Å². The predicted molar refractivity (Wildman–Crippen MR) is 76.4 cm³/mol. The molecule has 1 aliphatic heterocycles. The molecule has 0 spiro atoms. The number of ether oxygens (including phenoxy) is 1. The molecule has 19 heavy (non-hydrogen) atoms. The van der Waals surface area contributed by atoms with Gasteiger partial charge in [0, 0.05) is 4.88 Å². The zero-order valence-electron chi connectivity index (χ0n) is 9.67. The molecular weight excluding hydrogens is 282 g/mol. The summed E-state index contributed by atoms with van der Waals surface area (Å²) < 4.78 is 5.15. The Morgan fingerprint density at radius 2 is 2.05 bits per heavy atom. The molecule has 3 nitrogen and oxygen atoms in total. The van der Waals surface area contributed by atoms with E-state index >= 15 is 0 Å². The van der Waals surface area contributed by atoms with Crippen LogP contribution in [-0.4, -0.2) is 11.9 Å². The lowest BCUT2D eigenvalue weighted by Crippen LogP contribution is -2.05. The van der Waals surface area contributed by atoms with Crippen molar-refractivity contribution in [3.8, 4) is 0 Å². The Kier molecular flexibility index (Phi) is 3.19. The number of carbonyl (C=O) groups excluding carboxylic acids is 1. The van der Waals surface area contributed by atoms with E-state index in [1.54, 1.807) is 18.2 Å². The highest BCUT2D eigenvalue weighted by Crippen LogP contribution is 2.24. The second kappa shape index (κ2) is 4.99. The molecule has 2 aromatic rings. The van der Waals surface area contributed by atoms with Crippen LogP contribution in [0.5, 0.6) is 0 Å². The summed E-state index contributed by atoms with van der Waals surface area (Å²) in [5.41, 5.74) is 0.907. The van der Waals surface area contributed by atoms with Crippen LogP contribution in [0.15, 0.2) is 52.5 Å². The van der Waals surface area contributed by atoms with Crippen LogP contribution in [0.4, 0.5) is 0 Å². The van der Waals surface area contributed by atoms with Gasteiger partial charge in [-0.3, -0.25) is 0 Å². The van der Waals surface area contributed by atoms with Crippen molar-refractivity contribution in [2.75, 3.05) is 0 Å². The van der Waals surface area contributed by atoms with Gasteiger partial charge in [-0.1, -0.05) is 29.8 Å². The molecule has 0 fully saturated rings. The average molecular weight is 290 g/mol. The molecule has 0 aliphatic carbocycles. The van der Waals surface area contributed by atoms with Crippen molar-refractivity contribution in [2.45, 2.75) is 0 Å². The summed E-state index contributed by atoms with van der Waals surface area (Å²) >= 11 is 7.59. The molecule has 0 atom stereocenters. The van der Waals surface area contributed by atoms with Gasteiger partial charge >= 0.3 is 5.97 Å². The zero-order chi connectivity index (χ0) is 13.2. The Hall–Kier alpha value is -1.91. The number of halogens is 1. The fraction of sp³-hybridized carbons (Fsp3) is 0. The zero-order valence-corrected chi connectivity index (χ0v) is 11.2. The molecule has 5 heteroatoms. The number of aliphatic imine (C=N–C) groups is 1. The summed E-state index contributed by atoms with van der Waals surface area (Å²) in [6.45, 7) is 0. The largest absolute Gasteiger partial charge is 0.402 e. The molecule has 0 bridgehead atoms. The van der Waals surface area contributed by atoms with Crippen molar-refractivity contribution in [1.82, 2.24) is 0 Å². The maximum atomic E-state index is 11.8. The smallest absolute Gasteiger partial charge is 0.363 e.